The van der Waals surface area contributed by atoms with Crippen LogP contribution in [0.25, 0.3) is 0 Å². The molecule has 0 aromatic carbocycles. The van der Waals surface area contributed by atoms with Crippen molar-refractivity contribution >= 4 is 12.4 Å². The zero-order valence-corrected chi connectivity index (χ0v) is 6.08. The molecule has 1 rings (SSSR count). The third-order valence-electron chi connectivity index (χ3n) is 1.52. The number of nitrogens with one attached hydrogen (secondary N) is 2. The van der Waals surface area contributed by atoms with E-state index in [1.165, 1.54) is 0 Å². The summed E-state index contributed by atoms with van der Waals surface area (Å²) in [6, 6.07) is 0.330. The Morgan fingerprint density at radius 3 is 2.22 bits per heavy atom. The van der Waals surface area contributed by atoms with Crippen LogP contribution in [0, 0.1) is 0 Å². The number of piperidine rings is 1. The van der Waals surface area contributed by atoms with Crippen LogP contribution in [0.3, 0.4) is 0 Å². The first-order chi connectivity index (χ1) is 3.93. The van der Waals surface area contributed by atoms with E-state index < -0.39 is 0 Å². The minimum Gasteiger partial charge on any atom is -0.317 e. The predicted octanol–water partition coefficient (Wildman–Crippen LogP) is 0.139. The second kappa shape index (κ2) is 4.99. The van der Waals surface area contributed by atoms with E-state index in [-0.39, 0.29) is 12.4 Å². The van der Waals surface area contributed by atoms with Crippen LogP contribution in [-0.2, 0) is 0 Å². The monoisotopic (exact) mass is 152 g/mol. The van der Waals surface area contributed by atoms with Gasteiger partial charge in [0.1, 0.15) is 0 Å². The summed E-state index contributed by atoms with van der Waals surface area (Å²) >= 11 is 0. The molecule has 3 N–H and O–H groups in total. The summed E-state index contributed by atoms with van der Waals surface area (Å²) in [5.74, 6) is 0. The van der Waals surface area contributed by atoms with Crippen LogP contribution in [0.2, 0.25) is 0 Å². The second-order valence-corrected chi connectivity index (χ2v) is 2.15. The highest BCUT2D eigenvalue weighted by atomic mass is 35.5. The van der Waals surface area contributed by atoms with Gasteiger partial charge in [-0.1, -0.05) is 0 Å². The molecule has 0 spiro atoms. The van der Waals surface area contributed by atoms with Crippen molar-refractivity contribution in [2.45, 2.75) is 18.9 Å². The molecule has 1 fully saturated rings. The van der Waals surface area contributed by atoms with Crippen molar-refractivity contribution in [2.24, 2.45) is 0 Å². The SMILES string of the molecule is Cl.ONC1CCNCC1. The number of rotatable bonds is 1. The van der Waals surface area contributed by atoms with E-state index in [1.807, 2.05) is 0 Å². The van der Waals surface area contributed by atoms with Gasteiger partial charge in [0.2, 0.25) is 0 Å². The molecular weight excluding hydrogens is 140 g/mol. The Labute approximate surface area is 61.2 Å². The first-order valence-electron chi connectivity index (χ1n) is 3.04. The van der Waals surface area contributed by atoms with Gasteiger partial charge in [0.05, 0.1) is 0 Å². The van der Waals surface area contributed by atoms with Crippen molar-refractivity contribution in [1.29, 1.82) is 0 Å². The van der Waals surface area contributed by atoms with E-state index in [0.29, 0.717) is 6.04 Å². The maximum absolute atomic E-state index is 8.41. The Bertz CT molecular complexity index is 66.0. The molecule has 0 bridgehead atoms. The molecule has 3 nitrogen and oxygen atoms in total. The van der Waals surface area contributed by atoms with Crippen LogP contribution >= 0.6 is 12.4 Å². The molecule has 1 saturated heterocycles. The molecule has 1 aliphatic rings. The van der Waals surface area contributed by atoms with E-state index in [1.54, 1.807) is 0 Å². The molecule has 0 radical (unpaired) electrons. The molecule has 0 saturated carbocycles. The highest BCUT2D eigenvalue weighted by Crippen LogP contribution is 1.99. The van der Waals surface area contributed by atoms with Gasteiger partial charge in [-0.05, 0) is 25.9 Å². The van der Waals surface area contributed by atoms with Crippen LogP contribution in [0.15, 0.2) is 0 Å². The van der Waals surface area contributed by atoms with Crippen molar-refractivity contribution in [3.8, 4) is 0 Å². The van der Waals surface area contributed by atoms with E-state index in [2.05, 4.69) is 10.8 Å². The minimum absolute atomic E-state index is 0. The van der Waals surface area contributed by atoms with E-state index in [0.717, 1.165) is 25.9 Å². The lowest BCUT2D eigenvalue weighted by Gasteiger charge is -2.20. The molecule has 0 aromatic heterocycles. The van der Waals surface area contributed by atoms with Gasteiger partial charge in [0, 0.05) is 6.04 Å². The van der Waals surface area contributed by atoms with Crippen molar-refractivity contribution < 1.29 is 5.21 Å². The van der Waals surface area contributed by atoms with Crippen LogP contribution in [0.4, 0.5) is 0 Å². The summed E-state index contributed by atoms with van der Waals surface area (Å²) in [7, 11) is 0. The van der Waals surface area contributed by atoms with Gasteiger partial charge in [-0.15, -0.1) is 12.4 Å². The normalized spacial score (nSPS) is 21.0. The highest BCUT2D eigenvalue weighted by molar-refractivity contribution is 5.85. The van der Waals surface area contributed by atoms with Gasteiger partial charge in [-0.2, -0.15) is 0 Å². The van der Waals surface area contributed by atoms with Gasteiger partial charge in [0.25, 0.3) is 0 Å². The highest BCUT2D eigenvalue weighted by Gasteiger charge is 2.09. The van der Waals surface area contributed by atoms with Crippen molar-refractivity contribution in [3.63, 3.8) is 0 Å². The van der Waals surface area contributed by atoms with Crippen LogP contribution < -0.4 is 10.8 Å². The Balaban J connectivity index is 0.000000640. The molecule has 0 atom stereocenters. The molecule has 56 valence electrons. The first-order valence-corrected chi connectivity index (χ1v) is 3.04. The molecule has 4 heteroatoms. The number of hydroxylamine groups is 1. The maximum atomic E-state index is 8.41. The third kappa shape index (κ3) is 3.01. The molecule has 1 heterocycles. The Hall–Kier alpha value is 0.170. The standard InChI is InChI=1S/C5H12N2O.ClH/c8-7-5-1-3-6-4-2-5;/h5-8H,1-4H2;1H. The summed E-state index contributed by atoms with van der Waals surface area (Å²) in [5, 5.41) is 11.6. The predicted molar refractivity (Wildman–Crippen MR) is 38.1 cm³/mol. The average Bonchev–Trinajstić information content (AvgIpc) is 1.90. The van der Waals surface area contributed by atoms with Crippen LogP contribution in [0.5, 0.6) is 0 Å². The maximum Gasteiger partial charge on any atom is 0.0343 e. The van der Waals surface area contributed by atoms with Gasteiger partial charge >= 0.3 is 0 Å². The fourth-order valence-electron chi connectivity index (χ4n) is 0.951. The zero-order valence-electron chi connectivity index (χ0n) is 5.26. The number of hydrogen-bond donors (Lipinski definition) is 3. The third-order valence-corrected chi connectivity index (χ3v) is 1.52. The van der Waals surface area contributed by atoms with Crippen LogP contribution in [-0.4, -0.2) is 24.3 Å². The zero-order chi connectivity index (χ0) is 5.82. The largest absolute Gasteiger partial charge is 0.317 e. The van der Waals surface area contributed by atoms with Gasteiger partial charge in [-0.25, -0.2) is 5.48 Å². The van der Waals surface area contributed by atoms with Crippen molar-refractivity contribution in [1.82, 2.24) is 10.8 Å². The lowest BCUT2D eigenvalue weighted by molar-refractivity contribution is 0.110. The fourth-order valence-corrected chi connectivity index (χ4v) is 0.951. The second-order valence-electron chi connectivity index (χ2n) is 2.15. The summed E-state index contributed by atoms with van der Waals surface area (Å²) in [6.07, 6.45) is 2.08. The van der Waals surface area contributed by atoms with Crippen LogP contribution in [0.1, 0.15) is 12.8 Å². The summed E-state index contributed by atoms with van der Waals surface area (Å²) in [5.41, 5.74) is 2.26. The van der Waals surface area contributed by atoms with Crippen molar-refractivity contribution in [3.05, 3.63) is 0 Å². The van der Waals surface area contributed by atoms with E-state index in [4.69, 9.17) is 5.21 Å². The molecule has 0 amide bonds. The lowest BCUT2D eigenvalue weighted by Crippen LogP contribution is -2.38. The average molecular weight is 153 g/mol. The Kier molecular flexibility index (Phi) is 5.09. The number of halogens is 1. The molecular formula is C5H13ClN2O. The molecule has 0 aromatic rings. The minimum atomic E-state index is 0. The lowest BCUT2D eigenvalue weighted by atomic mass is 10.1. The summed E-state index contributed by atoms with van der Waals surface area (Å²) in [4.78, 5) is 0. The molecule has 1 aliphatic heterocycles. The van der Waals surface area contributed by atoms with E-state index in [9.17, 15) is 0 Å². The Morgan fingerprint density at radius 2 is 1.89 bits per heavy atom. The summed E-state index contributed by atoms with van der Waals surface area (Å²) < 4.78 is 0. The van der Waals surface area contributed by atoms with Gasteiger partial charge < -0.3 is 10.5 Å². The van der Waals surface area contributed by atoms with Crippen molar-refractivity contribution in [2.75, 3.05) is 13.1 Å². The number of hydrogen-bond acceptors (Lipinski definition) is 3. The molecule has 0 unspecified atom stereocenters. The molecule has 0 aliphatic carbocycles. The summed E-state index contributed by atoms with van der Waals surface area (Å²) in [6.45, 7) is 2.05. The fraction of sp³-hybridized carbons (Fsp3) is 1.00. The van der Waals surface area contributed by atoms with E-state index >= 15 is 0 Å². The van der Waals surface area contributed by atoms with Gasteiger partial charge in [0.15, 0.2) is 0 Å². The smallest absolute Gasteiger partial charge is 0.0343 e. The Morgan fingerprint density at radius 1 is 1.33 bits per heavy atom. The topological polar surface area (TPSA) is 44.3 Å². The first kappa shape index (κ1) is 9.17. The quantitative estimate of drug-likeness (QED) is 0.469. The molecule has 9 heavy (non-hydrogen) atoms. The van der Waals surface area contributed by atoms with Gasteiger partial charge in [-0.3, -0.25) is 0 Å².